The molecule has 0 aliphatic heterocycles. The molecule has 0 aliphatic rings. The van der Waals surface area contributed by atoms with Gasteiger partial charge in [-0.15, -0.1) is 24.0 Å². The van der Waals surface area contributed by atoms with Gasteiger partial charge in [-0.3, -0.25) is 4.99 Å². The van der Waals surface area contributed by atoms with E-state index in [0.29, 0.717) is 19.5 Å². The lowest BCUT2D eigenvalue weighted by Gasteiger charge is -2.22. The number of aliphatic imine (C=N–C) groups is 1. The highest BCUT2D eigenvalue weighted by molar-refractivity contribution is 14.0. The van der Waals surface area contributed by atoms with Gasteiger partial charge >= 0.3 is 0 Å². The fourth-order valence-electron chi connectivity index (χ4n) is 2.03. The average Bonchev–Trinajstić information content (AvgIpc) is 2.74. The fourth-order valence-corrected chi connectivity index (χ4v) is 3.12. The van der Waals surface area contributed by atoms with Crippen LogP contribution in [0.2, 0.25) is 0 Å². The SMILES string of the molecule is CCNC(=NCCCNS(C)(=O)=O)N(C)Cc1cc(Br)cn1C.I. The van der Waals surface area contributed by atoms with E-state index in [2.05, 4.69) is 46.5 Å². The zero-order chi connectivity index (χ0) is 17.5. The van der Waals surface area contributed by atoms with Gasteiger partial charge in [-0.1, -0.05) is 0 Å². The van der Waals surface area contributed by atoms with Crippen molar-refractivity contribution >= 4 is 55.9 Å². The molecule has 0 aromatic carbocycles. The van der Waals surface area contributed by atoms with E-state index in [1.54, 1.807) is 0 Å². The minimum atomic E-state index is -3.13. The summed E-state index contributed by atoms with van der Waals surface area (Å²) in [6.07, 6.45) is 3.84. The first-order valence-corrected chi connectivity index (χ1v) is 10.2. The van der Waals surface area contributed by atoms with Crippen LogP contribution in [0, 0.1) is 0 Å². The molecule has 0 saturated heterocycles. The third-order valence-corrected chi connectivity index (χ3v) is 4.29. The molecule has 0 unspecified atom stereocenters. The van der Waals surface area contributed by atoms with E-state index in [0.717, 1.165) is 29.8 Å². The van der Waals surface area contributed by atoms with Crippen LogP contribution in [-0.4, -0.2) is 56.8 Å². The van der Waals surface area contributed by atoms with Gasteiger partial charge in [0.05, 0.1) is 12.8 Å². The van der Waals surface area contributed by atoms with Crippen molar-refractivity contribution in [3.63, 3.8) is 0 Å². The van der Waals surface area contributed by atoms with Gasteiger partial charge < -0.3 is 14.8 Å². The molecular weight excluding hydrogens is 509 g/mol. The Labute approximate surface area is 170 Å². The van der Waals surface area contributed by atoms with Crippen LogP contribution in [0.4, 0.5) is 0 Å². The minimum Gasteiger partial charge on any atom is -0.357 e. The van der Waals surface area contributed by atoms with E-state index < -0.39 is 10.0 Å². The first-order valence-electron chi connectivity index (χ1n) is 7.47. The number of hydrogen-bond acceptors (Lipinski definition) is 3. The van der Waals surface area contributed by atoms with Crippen molar-refractivity contribution in [2.45, 2.75) is 19.9 Å². The number of halogens is 2. The highest BCUT2D eigenvalue weighted by Gasteiger charge is 2.09. The van der Waals surface area contributed by atoms with E-state index in [9.17, 15) is 8.42 Å². The summed E-state index contributed by atoms with van der Waals surface area (Å²) in [5, 5.41) is 3.25. The lowest BCUT2D eigenvalue weighted by atomic mass is 10.4. The van der Waals surface area contributed by atoms with Gasteiger partial charge in [-0.05, 0) is 35.3 Å². The molecule has 24 heavy (non-hydrogen) atoms. The third-order valence-electron chi connectivity index (χ3n) is 3.13. The van der Waals surface area contributed by atoms with Crippen molar-refractivity contribution in [2.75, 3.05) is 32.9 Å². The van der Waals surface area contributed by atoms with Crippen LogP contribution in [0.1, 0.15) is 19.0 Å². The molecule has 140 valence electrons. The van der Waals surface area contributed by atoms with Crippen molar-refractivity contribution < 1.29 is 8.42 Å². The lowest BCUT2D eigenvalue weighted by Crippen LogP contribution is -2.39. The van der Waals surface area contributed by atoms with Crippen molar-refractivity contribution in [1.29, 1.82) is 0 Å². The van der Waals surface area contributed by atoms with Crippen LogP contribution >= 0.6 is 39.9 Å². The summed E-state index contributed by atoms with van der Waals surface area (Å²) in [6, 6.07) is 2.08. The smallest absolute Gasteiger partial charge is 0.208 e. The van der Waals surface area contributed by atoms with E-state index >= 15 is 0 Å². The summed E-state index contributed by atoms with van der Waals surface area (Å²) in [5.41, 5.74) is 1.17. The second kappa shape index (κ2) is 11.3. The Morgan fingerprint density at radius 3 is 2.62 bits per heavy atom. The molecule has 1 heterocycles. The van der Waals surface area contributed by atoms with Gasteiger partial charge in [-0.2, -0.15) is 0 Å². The predicted octanol–water partition coefficient (Wildman–Crippen LogP) is 1.74. The highest BCUT2D eigenvalue weighted by Crippen LogP contribution is 2.14. The van der Waals surface area contributed by atoms with Crippen LogP contribution in [0.25, 0.3) is 0 Å². The molecule has 1 aromatic heterocycles. The molecule has 2 N–H and O–H groups in total. The Kier molecular flexibility index (Phi) is 11.2. The molecule has 1 aromatic rings. The number of hydrogen-bond donors (Lipinski definition) is 2. The number of rotatable bonds is 8. The Morgan fingerprint density at radius 2 is 2.12 bits per heavy atom. The second-order valence-corrected chi connectivity index (χ2v) is 8.12. The van der Waals surface area contributed by atoms with E-state index in [1.165, 1.54) is 5.69 Å². The molecule has 0 bridgehead atoms. The number of nitrogens with zero attached hydrogens (tertiary/aromatic N) is 3. The molecule has 0 saturated carbocycles. The highest BCUT2D eigenvalue weighted by atomic mass is 127. The maximum Gasteiger partial charge on any atom is 0.208 e. The summed E-state index contributed by atoms with van der Waals surface area (Å²) in [4.78, 5) is 6.59. The summed E-state index contributed by atoms with van der Waals surface area (Å²) in [5.74, 6) is 0.809. The van der Waals surface area contributed by atoms with Gasteiger partial charge in [-0.25, -0.2) is 13.1 Å². The summed E-state index contributed by atoms with van der Waals surface area (Å²) >= 11 is 3.47. The van der Waals surface area contributed by atoms with Crippen molar-refractivity contribution in [1.82, 2.24) is 19.5 Å². The van der Waals surface area contributed by atoms with E-state index in [4.69, 9.17) is 0 Å². The fraction of sp³-hybridized carbons (Fsp3) is 0.643. The zero-order valence-corrected chi connectivity index (χ0v) is 19.3. The number of aromatic nitrogens is 1. The second-order valence-electron chi connectivity index (χ2n) is 5.37. The quantitative estimate of drug-likeness (QED) is 0.230. The normalized spacial score (nSPS) is 12.0. The zero-order valence-electron chi connectivity index (χ0n) is 14.5. The van der Waals surface area contributed by atoms with Gasteiger partial charge in [0.2, 0.25) is 10.0 Å². The topological polar surface area (TPSA) is 78.7 Å². The van der Waals surface area contributed by atoms with Crippen LogP contribution < -0.4 is 10.0 Å². The van der Waals surface area contributed by atoms with Crippen LogP contribution in [0.5, 0.6) is 0 Å². The minimum absolute atomic E-state index is 0. The van der Waals surface area contributed by atoms with E-state index in [-0.39, 0.29) is 24.0 Å². The first kappa shape index (κ1) is 23.7. The Hall–Kier alpha value is -0.330. The van der Waals surface area contributed by atoms with E-state index in [1.807, 2.05) is 27.2 Å². The largest absolute Gasteiger partial charge is 0.357 e. The molecule has 0 spiro atoms. The number of nitrogens with one attached hydrogen (secondary N) is 2. The molecule has 0 amide bonds. The summed E-state index contributed by atoms with van der Waals surface area (Å²) in [7, 11) is 0.866. The molecular formula is C14H27BrIN5O2S. The van der Waals surface area contributed by atoms with Crippen LogP contribution in [0.15, 0.2) is 21.7 Å². The maximum absolute atomic E-state index is 11.0. The Balaban J connectivity index is 0.00000529. The van der Waals surface area contributed by atoms with Gasteiger partial charge in [0.25, 0.3) is 0 Å². The summed E-state index contributed by atoms with van der Waals surface area (Å²) < 4.78 is 27.6. The molecule has 0 atom stereocenters. The molecule has 7 nitrogen and oxygen atoms in total. The molecule has 0 fully saturated rings. The monoisotopic (exact) mass is 535 g/mol. The predicted molar refractivity (Wildman–Crippen MR) is 113 cm³/mol. The van der Waals surface area contributed by atoms with Crippen LogP contribution in [0.3, 0.4) is 0 Å². The standard InChI is InChI=1S/C14H26BrN5O2S.HI/c1-5-16-14(17-7-6-8-18-23(4,21)22)20(3)11-13-9-12(15)10-19(13)2;/h9-10,18H,5-8,11H2,1-4H3,(H,16,17);1H. The van der Waals surface area contributed by atoms with Crippen LogP contribution in [-0.2, 0) is 23.6 Å². The number of guanidine groups is 1. The lowest BCUT2D eigenvalue weighted by molar-refractivity contribution is 0.461. The van der Waals surface area contributed by atoms with Crippen molar-refractivity contribution in [3.05, 3.63) is 22.4 Å². The van der Waals surface area contributed by atoms with Crippen molar-refractivity contribution in [3.8, 4) is 0 Å². The van der Waals surface area contributed by atoms with Gasteiger partial charge in [0.1, 0.15) is 0 Å². The van der Waals surface area contributed by atoms with Crippen molar-refractivity contribution in [2.24, 2.45) is 12.0 Å². The maximum atomic E-state index is 11.0. The average molecular weight is 536 g/mol. The first-order chi connectivity index (χ1) is 10.7. The molecule has 0 aliphatic carbocycles. The summed E-state index contributed by atoms with van der Waals surface area (Å²) in [6.45, 7) is 4.49. The van der Waals surface area contributed by atoms with Gasteiger partial charge in [0.15, 0.2) is 5.96 Å². The molecule has 0 radical (unpaired) electrons. The number of sulfonamides is 1. The van der Waals surface area contributed by atoms with Gasteiger partial charge in [0, 0.05) is 50.1 Å². The molecule has 1 rings (SSSR count). The number of aryl methyl sites for hydroxylation is 1. The molecule has 10 heteroatoms. The third kappa shape index (κ3) is 9.23. The Bertz CT molecular complexity index is 633. The Morgan fingerprint density at radius 1 is 1.46 bits per heavy atom.